The summed E-state index contributed by atoms with van der Waals surface area (Å²) in [6.07, 6.45) is 5.54. The summed E-state index contributed by atoms with van der Waals surface area (Å²) in [5.74, 6) is 0.276. The molecule has 1 aliphatic rings. The van der Waals surface area contributed by atoms with Crippen molar-refractivity contribution in [1.82, 2.24) is 10.6 Å². The van der Waals surface area contributed by atoms with E-state index in [4.69, 9.17) is 0 Å². The van der Waals surface area contributed by atoms with E-state index in [0.717, 1.165) is 32.2 Å². The number of carbonyl (C=O) groups is 1. The van der Waals surface area contributed by atoms with Gasteiger partial charge >= 0.3 is 0 Å². The second-order valence-corrected chi connectivity index (χ2v) is 4.78. The molecule has 3 nitrogen and oxygen atoms in total. The quantitative estimate of drug-likeness (QED) is 0.703. The van der Waals surface area contributed by atoms with Gasteiger partial charge in [-0.25, -0.2) is 0 Å². The van der Waals surface area contributed by atoms with E-state index in [1.54, 1.807) is 0 Å². The first-order chi connectivity index (χ1) is 7.14. The van der Waals surface area contributed by atoms with Crippen LogP contribution >= 0.6 is 0 Å². The maximum Gasteiger partial charge on any atom is 0.226 e. The number of hydrogen-bond donors (Lipinski definition) is 2. The third kappa shape index (κ3) is 2.94. The van der Waals surface area contributed by atoms with E-state index in [9.17, 15) is 4.79 Å². The molecular weight excluding hydrogens is 188 g/mol. The Kier molecular flexibility index (Phi) is 4.58. The Labute approximate surface area is 93.0 Å². The van der Waals surface area contributed by atoms with Gasteiger partial charge in [0.25, 0.3) is 0 Å². The maximum absolute atomic E-state index is 12.0. The predicted molar refractivity (Wildman–Crippen MR) is 62.7 cm³/mol. The number of hydrogen-bond acceptors (Lipinski definition) is 2. The molecule has 0 aromatic rings. The van der Waals surface area contributed by atoms with Crippen molar-refractivity contribution >= 4 is 5.91 Å². The van der Waals surface area contributed by atoms with E-state index in [1.807, 2.05) is 7.05 Å². The summed E-state index contributed by atoms with van der Waals surface area (Å²) in [7, 11) is 1.92. The van der Waals surface area contributed by atoms with Gasteiger partial charge in [-0.1, -0.05) is 19.8 Å². The SMILES string of the molecule is CCCC1(C(=O)NCC(C)NC)CCC1. The molecule has 88 valence electrons. The zero-order valence-electron chi connectivity index (χ0n) is 10.2. The van der Waals surface area contributed by atoms with Crippen LogP contribution in [0.25, 0.3) is 0 Å². The lowest BCUT2D eigenvalue weighted by Gasteiger charge is -2.40. The van der Waals surface area contributed by atoms with Gasteiger partial charge in [-0.2, -0.15) is 0 Å². The molecule has 0 saturated heterocycles. The molecule has 0 aromatic heterocycles. The highest BCUT2D eigenvalue weighted by Crippen LogP contribution is 2.44. The van der Waals surface area contributed by atoms with E-state index >= 15 is 0 Å². The van der Waals surface area contributed by atoms with Crippen LogP contribution in [-0.4, -0.2) is 25.5 Å². The molecule has 0 bridgehead atoms. The molecule has 0 heterocycles. The van der Waals surface area contributed by atoms with Gasteiger partial charge in [0.1, 0.15) is 0 Å². The van der Waals surface area contributed by atoms with Crippen LogP contribution < -0.4 is 10.6 Å². The van der Waals surface area contributed by atoms with Crippen molar-refractivity contribution in [2.24, 2.45) is 5.41 Å². The van der Waals surface area contributed by atoms with Crippen LogP contribution in [-0.2, 0) is 4.79 Å². The maximum atomic E-state index is 12.0. The average Bonchev–Trinajstić information content (AvgIpc) is 2.19. The highest BCUT2D eigenvalue weighted by Gasteiger charge is 2.42. The first-order valence-electron chi connectivity index (χ1n) is 6.10. The second-order valence-electron chi connectivity index (χ2n) is 4.78. The van der Waals surface area contributed by atoms with Crippen molar-refractivity contribution in [2.45, 2.75) is 52.0 Å². The molecule has 15 heavy (non-hydrogen) atoms. The lowest BCUT2D eigenvalue weighted by atomic mass is 9.65. The molecule has 1 atom stereocenters. The Hall–Kier alpha value is -0.570. The molecule has 1 unspecified atom stereocenters. The number of amides is 1. The lowest BCUT2D eigenvalue weighted by Crippen LogP contribution is -2.48. The predicted octanol–water partition coefficient (Wildman–Crippen LogP) is 1.68. The summed E-state index contributed by atoms with van der Waals surface area (Å²) in [4.78, 5) is 12.0. The summed E-state index contributed by atoms with van der Waals surface area (Å²) in [5.41, 5.74) is -0.0117. The Balaban J connectivity index is 2.37. The van der Waals surface area contributed by atoms with Crippen LogP contribution in [0.1, 0.15) is 46.0 Å². The topological polar surface area (TPSA) is 41.1 Å². The van der Waals surface area contributed by atoms with E-state index in [-0.39, 0.29) is 11.3 Å². The molecule has 1 rings (SSSR count). The van der Waals surface area contributed by atoms with Crippen molar-refractivity contribution in [3.05, 3.63) is 0 Å². The van der Waals surface area contributed by atoms with Crippen LogP contribution in [0.5, 0.6) is 0 Å². The van der Waals surface area contributed by atoms with Gasteiger partial charge in [-0.05, 0) is 33.2 Å². The molecule has 2 N–H and O–H groups in total. The van der Waals surface area contributed by atoms with Crippen LogP contribution in [0.2, 0.25) is 0 Å². The van der Waals surface area contributed by atoms with Crippen LogP contribution in [0.15, 0.2) is 0 Å². The Morgan fingerprint density at radius 1 is 1.47 bits per heavy atom. The van der Waals surface area contributed by atoms with Gasteiger partial charge in [0.15, 0.2) is 0 Å². The molecule has 1 fully saturated rings. The fourth-order valence-electron chi connectivity index (χ4n) is 2.21. The minimum atomic E-state index is -0.0117. The Morgan fingerprint density at radius 2 is 2.13 bits per heavy atom. The number of likely N-dealkylation sites (N-methyl/N-ethyl adjacent to an activating group) is 1. The van der Waals surface area contributed by atoms with Gasteiger partial charge in [-0.3, -0.25) is 4.79 Å². The third-order valence-electron chi connectivity index (χ3n) is 3.58. The molecule has 0 aliphatic heterocycles. The van der Waals surface area contributed by atoms with Crippen LogP contribution in [0, 0.1) is 5.41 Å². The van der Waals surface area contributed by atoms with Crippen molar-refractivity contribution in [3.8, 4) is 0 Å². The zero-order chi connectivity index (χ0) is 11.3. The third-order valence-corrected chi connectivity index (χ3v) is 3.58. The van der Waals surface area contributed by atoms with Gasteiger partial charge in [-0.15, -0.1) is 0 Å². The molecular formula is C12H24N2O. The Morgan fingerprint density at radius 3 is 2.53 bits per heavy atom. The van der Waals surface area contributed by atoms with Crippen molar-refractivity contribution in [2.75, 3.05) is 13.6 Å². The van der Waals surface area contributed by atoms with E-state index in [1.165, 1.54) is 6.42 Å². The first kappa shape index (κ1) is 12.5. The lowest BCUT2D eigenvalue weighted by molar-refractivity contribution is -0.136. The molecule has 0 aromatic carbocycles. The summed E-state index contributed by atoms with van der Waals surface area (Å²) in [6.45, 7) is 4.97. The van der Waals surface area contributed by atoms with Crippen molar-refractivity contribution in [3.63, 3.8) is 0 Å². The summed E-state index contributed by atoms with van der Waals surface area (Å²) >= 11 is 0. The van der Waals surface area contributed by atoms with Crippen molar-refractivity contribution < 1.29 is 4.79 Å². The van der Waals surface area contributed by atoms with Crippen molar-refractivity contribution in [1.29, 1.82) is 0 Å². The molecule has 0 spiro atoms. The smallest absolute Gasteiger partial charge is 0.226 e. The summed E-state index contributed by atoms with van der Waals surface area (Å²) < 4.78 is 0. The zero-order valence-corrected chi connectivity index (χ0v) is 10.2. The normalized spacial score (nSPS) is 20.5. The standard InChI is InChI=1S/C12H24N2O/c1-4-6-12(7-5-8-12)11(15)14-9-10(2)13-3/h10,13H,4-9H2,1-3H3,(H,14,15). The number of rotatable bonds is 6. The fraction of sp³-hybridized carbons (Fsp3) is 0.917. The summed E-state index contributed by atoms with van der Waals surface area (Å²) in [6, 6.07) is 0.354. The second kappa shape index (κ2) is 5.50. The molecule has 3 heteroatoms. The van der Waals surface area contributed by atoms with Gasteiger partial charge in [0.05, 0.1) is 0 Å². The first-order valence-corrected chi connectivity index (χ1v) is 6.10. The van der Waals surface area contributed by atoms with Gasteiger partial charge < -0.3 is 10.6 Å². The van der Waals surface area contributed by atoms with Crippen LogP contribution in [0.3, 0.4) is 0 Å². The van der Waals surface area contributed by atoms with Gasteiger partial charge in [0, 0.05) is 18.0 Å². The van der Waals surface area contributed by atoms with E-state index in [0.29, 0.717) is 6.04 Å². The van der Waals surface area contributed by atoms with Crippen LogP contribution in [0.4, 0.5) is 0 Å². The largest absolute Gasteiger partial charge is 0.354 e. The number of carbonyl (C=O) groups excluding carboxylic acids is 1. The Bertz CT molecular complexity index is 212. The van der Waals surface area contributed by atoms with E-state index in [2.05, 4.69) is 24.5 Å². The minimum absolute atomic E-state index is 0.0117. The molecule has 1 saturated carbocycles. The highest BCUT2D eigenvalue weighted by atomic mass is 16.2. The highest BCUT2D eigenvalue weighted by molar-refractivity contribution is 5.83. The molecule has 1 amide bonds. The van der Waals surface area contributed by atoms with Gasteiger partial charge in [0.2, 0.25) is 5.91 Å². The number of nitrogens with one attached hydrogen (secondary N) is 2. The van der Waals surface area contributed by atoms with E-state index < -0.39 is 0 Å². The minimum Gasteiger partial charge on any atom is -0.354 e. The summed E-state index contributed by atoms with van der Waals surface area (Å²) in [5, 5.41) is 6.18. The molecule has 1 aliphatic carbocycles. The fourth-order valence-corrected chi connectivity index (χ4v) is 2.21. The monoisotopic (exact) mass is 212 g/mol. The molecule has 0 radical (unpaired) electrons. The average molecular weight is 212 g/mol.